The van der Waals surface area contributed by atoms with Gasteiger partial charge in [-0.2, -0.15) is 0 Å². The molecule has 1 fully saturated rings. The molecule has 2 heterocycles. The van der Waals surface area contributed by atoms with E-state index in [0.29, 0.717) is 22.3 Å². The van der Waals surface area contributed by atoms with E-state index in [1.807, 2.05) is 0 Å². The number of carbonyl (C=O) groups excluding carboxylic acids is 3. The van der Waals surface area contributed by atoms with Crippen molar-refractivity contribution in [3.05, 3.63) is 27.7 Å². The highest BCUT2D eigenvalue weighted by Gasteiger charge is 2.34. The third-order valence-corrected chi connectivity index (χ3v) is 5.62. The van der Waals surface area contributed by atoms with Crippen LogP contribution in [0.25, 0.3) is 0 Å². The maximum Gasteiger partial charge on any atom is 0.410 e. The molecule has 0 bridgehead atoms. The molecule has 1 saturated heterocycles. The summed E-state index contributed by atoms with van der Waals surface area (Å²) in [5.41, 5.74) is 5.77. The molecule has 0 saturated carbocycles. The van der Waals surface area contributed by atoms with Crippen LogP contribution < -0.4 is 10.5 Å². The molecule has 0 aliphatic carbocycles. The number of piperazine rings is 1. The van der Waals surface area contributed by atoms with Crippen molar-refractivity contribution in [2.24, 2.45) is 5.73 Å². The van der Waals surface area contributed by atoms with Gasteiger partial charge in [0.1, 0.15) is 18.0 Å². The monoisotopic (exact) mass is 514 g/mol. The van der Waals surface area contributed by atoms with Crippen molar-refractivity contribution >= 4 is 33.8 Å². The number of nitrogens with two attached hydrogens (primary N) is 1. The standard InChI is InChI=1S/C20H27BrN4O7/c1-20(2,3)31-19(28)23-4-5-25(32-29)13(9-23)11-30-16-7-14-12(6-15(16)21)8-24(18(14)27)10-17(22)26/h6-7,13,29H,4-5,8-11H2,1-3H3,(H2,22,26). The first-order chi connectivity index (χ1) is 15.0. The third-order valence-electron chi connectivity index (χ3n) is 5.00. The van der Waals surface area contributed by atoms with E-state index in [1.54, 1.807) is 32.9 Å². The molecule has 3 rings (SSSR count). The molecule has 11 nitrogen and oxygen atoms in total. The van der Waals surface area contributed by atoms with Gasteiger partial charge in [0.25, 0.3) is 5.91 Å². The summed E-state index contributed by atoms with van der Waals surface area (Å²) in [6.07, 6.45) is -0.459. The minimum atomic E-state index is -0.627. The van der Waals surface area contributed by atoms with Crippen molar-refractivity contribution in [3.8, 4) is 5.75 Å². The maximum atomic E-state index is 12.6. The summed E-state index contributed by atoms with van der Waals surface area (Å²) in [5.74, 6) is -0.479. The van der Waals surface area contributed by atoms with E-state index >= 15 is 0 Å². The van der Waals surface area contributed by atoms with Gasteiger partial charge < -0.3 is 25.0 Å². The van der Waals surface area contributed by atoms with Crippen LogP contribution >= 0.6 is 15.9 Å². The fourth-order valence-electron chi connectivity index (χ4n) is 3.56. The Balaban J connectivity index is 1.68. The lowest BCUT2D eigenvalue weighted by molar-refractivity contribution is -0.414. The first-order valence-electron chi connectivity index (χ1n) is 10.1. The lowest BCUT2D eigenvalue weighted by Crippen LogP contribution is -2.57. The second-order valence-electron chi connectivity index (χ2n) is 8.68. The van der Waals surface area contributed by atoms with Crippen LogP contribution in [-0.4, -0.2) is 82.5 Å². The predicted molar refractivity (Wildman–Crippen MR) is 116 cm³/mol. The maximum absolute atomic E-state index is 12.6. The molecule has 0 radical (unpaired) electrons. The van der Waals surface area contributed by atoms with E-state index in [4.69, 9.17) is 15.2 Å². The molecular weight excluding hydrogens is 488 g/mol. The van der Waals surface area contributed by atoms with Gasteiger partial charge in [-0.05, 0) is 54.4 Å². The lowest BCUT2D eigenvalue weighted by atomic mass is 10.1. The van der Waals surface area contributed by atoms with Crippen molar-refractivity contribution < 1.29 is 34.1 Å². The van der Waals surface area contributed by atoms with Gasteiger partial charge in [0.2, 0.25) is 5.91 Å². The first kappa shape index (κ1) is 24.2. The molecule has 1 aromatic rings. The molecule has 2 aliphatic heterocycles. The van der Waals surface area contributed by atoms with Crippen molar-refractivity contribution in [1.29, 1.82) is 0 Å². The van der Waals surface area contributed by atoms with Crippen LogP contribution in [-0.2, 0) is 21.1 Å². The molecule has 1 aromatic carbocycles. The highest BCUT2D eigenvalue weighted by atomic mass is 79.9. The number of nitrogens with zero attached hydrogens (tertiary/aromatic N) is 3. The van der Waals surface area contributed by atoms with Crippen LogP contribution in [0.4, 0.5) is 4.79 Å². The van der Waals surface area contributed by atoms with Crippen LogP contribution in [0.15, 0.2) is 16.6 Å². The summed E-state index contributed by atoms with van der Waals surface area (Å²) in [6, 6.07) is 2.88. The van der Waals surface area contributed by atoms with E-state index in [-0.39, 0.29) is 38.7 Å². The molecule has 32 heavy (non-hydrogen) atoms. The first-order valence-corrected chi connectivity index (χ1v) is 10.9. The third kappa shape index (κ3) is 5.68. The molecule has 176 valence electrons. The Hall–Kier alpha value is -2.41. The quantitative estimate of drug-likeness (QED) is 0.431. The number of rotatable bonds is 6. The van der Waals surface area contributed by atoms with Crippen LogP contribution in [0.1, 0.15) is 36.7 Å². The highest BCUT2D eigenvalue weighted by Crippen LogP contribution is 2.34. The van der Waals surface area contributed by atoms with Crippen molar-refractivity contribution in [2.45, 2.75) is 39.0 Å². The van der Waals surface area contributed by atoms with Crippen LogP contribution in [0.5, 0.6) is 5.75 Å². The zero-order chi connectivity index (χ0) is 23.6. The van der Waals surface area contributed by atoms with Gasteiger partial charge in [0.05, 0.1) is 17.1 Å². The molecule has 0 spiro atoms. The summed E-state index contributed by atoms with van der Waals surface area (Å²) in [6.45, 7) is 6.35. The molecular formula is C20H27BrN4O7. The van der Waals surface area contributed by atoms with Crippen LogP contribution in [0, 0.1) is 0 Å². The summed E-state index contributed by atoms with van der Waals surface area (Å²) < 4.78 is 12.0. The zero-order valence-corrected chi connectivity index (χ0v) is 19.8. The summed E-state index contributed by atoms with van der Waals surface area (Å²) in [4.78, 5) is 43.5. The average Bonchev–Trinajstić information content (AvgIpc) is 2.98. The van der Waals surface area contributed by atoms with E-state index in [9.17, 15) is 19.6 Å². The minimum absolute atomic E-state index is 0.0659. The van der Waals surface area contributed by atoms with Gasteiger partial charge in [-0.1, -0.05) is 0 Å². The minimum Gasteiger partial charge on any atom is -0.491 e. The van der Waals surface area contributed by atoms with Gasteiger partial charge in [-0.3, -0.25) is 9.59 Å². The lowest BCUT2D eigenvalue weighted by Gasteiger charge is -2.38. The normalized spacial score (nSPS) is 19.2. The number of hydrogen-bond acceptors (Lipinski definition) is 8. The smallest absolute Gasteiger partial charge is 0.410 e. The molecule has 3 N–H and O–H groups in total. The molecule has 1 atom stereocenters. The topological polar surface area (TPSA) is 135 Å². The number of benzene rings is 1. The van der Waals surface area contributed by atoms with Gasteiger partial charge in [0, 0.05) is 31.7 Å². The SMILES string of the molecule is CC(C)(C)OC(=O)N1CCN(OO)C(COc2cc3c(cc2Br)CN(CC(N)=O)C3=O)C1. The number of fused-ring (bicyclic) bond motifs is 1. The second-order valence-corrected chi connectivity index (χ2v) is 9.54. The van der Waals surface area contributed by atoms with Crippen molar-refractivity contribution in [2.75, 3.05) is 32.8 Å². The molecule has 12 heteroatoms. The molecule has 0 aromatic heterocycles. The van der Waals surface area contributed by atoms with Crippen molar-refractivity contribution in [3.63, 3.8) is 0 Å². The largest absolute Gasteiger partial charge is 0.491 e. The van der Waals surface area contributed by atoms with E-state index in [0.717, 1.165) is 5.56 Å². The Labute approximate surface area is 194 Å². The predicted octanol–water partition coefficient (Wildman–Crippen LogP) is 1.59. The Kier molecular flexibility index (Phi) is 7.28. The van der Waals surface area contributed by atoms with Crippen LogP contribution in [0.3, 0.4) is 0 Å². The highest BCUT2D eigenvalue weighted by molar-refractivity contribution is 9.10. The fourth-order valence-corrected chi connectivity index (χ4v) is 4.06. The summed E-state index contributed by atoms with van der Waals surface area (Å²) in [7, 11) is 0. The Morgan fingerprint density at radius 2 is 2.00 bits per heavy atom. The summed E-state index contributed by atoms with van der Waals surface area (Å²) in [5, 5.41) is 10.5. The number of hydroxylamine groups is 2. The Morgan fingerprint density at radius 1 is 1.28 bits per heavy atom. The van der Waals surface area contributed by atoms with E-state index < -0.39 is 23.6 Å². The summed E-state index contributed by atoms with van der Waals surface area (Å²) >= 11 is 3.44. The van der Waals surface area contributed by atoms with Gasteiger partial charge >= 0.3 is 6.09 Å². The average molecular weight is 515 g/mol. The number of primary amides is 1. The number of ether oxygens (including phenoxy) is 2. The van der Waals surface area contributed by atoms with Gasteiger partial charge in [-0.25, -0.2) is 10.1 Å². The Morgan fingerprint density at radius 3 is 2.62 bits per heavy atom. The second kappa shape index (κ2) is 9.61. The van der Waals surface area contributed by atoms with Crippen LogP contribution in [0.2, 0.25) is 0 Å². The number of amides is 3. The number of hydrogen-bond donors (Lipinski definition) is 2. The van der Waals surface area contributed by atoms with E-state index in [2.05, 4.69) is 20.9 Å². The zero-order valence-electron chi connectivity index (χ0n) is 18.2. The van der Waals surface area contributed by atoms with Gasteiger partial charge in [-0.15, -0.1) is 10.1 Å². The number of halogens is 1. The Bertz CT molecular complexity index is 905. The van der Waals surface area contributed by atoms with Gasteiger partial charge in [0.15, 0.2) is 0 Å². The van der Waals surface area contributed by atoms with Crippen molar-refractivity contribution in [1.82, 2.24) is 14.9 Å². The fraction of sp³-hybridized carbons (Fsp3) is 0.550. The molecule has 3 amide bonds. The van der Waals surface area contributed by atoms with E-state index in [1.165, 1.54) is 14.9 Å². The molecule has 2 aliphatic rings. The molecule has 1 unspecified atom stereocenters. The number of carbonyl (C=O) groups is 3.